The van der Waals surface area contributed by atoms with Crippen molar-refractivity contribution >= 4 is 17.7 Å². The summed E-state index contributed by atoms with van der Waals surface area (Å²) in [5.41, 5.74) is 1.95. The number of halogens is 1. The number of aromatic nitrogens is 2. The summed E-state index contributed by atoms with van der Waals surface area (Å²) in [6, 6.07) is 6.13. The Kier molecular flexibility index (Phi) is 8.89. The topological polar surface area (TPSA) is 64.0 Å². The summed E-state index contributed by atoms with van der Waals surface area (Å²) in [5.74, 6) is -0.310. The highest BCUT2D eigenvalue weighted by atomic mass is 32.2. The average Bonchev–Trinajstić information content (AvgIpc) is 2.70. The number of carbonyl (C=O) groups excluding carboxylic acids is 1. The number of nitrogens with one attached hydrogen (secondary N) is 1. The Balaban J connectivity index is 2.23. The first-order valence-electron chi connectivity index (χ1n) is 10.1. The molecule has 1 unspecified atom stereocenters. The molecule has 2 aromatic rings. The smallest absolute Gasteiger partial charge is 0.257 e. The molecule has 0 spiro atoms. The lowest BCUT2D eigenvalue weighted by atomic mass is 10.1. The maximum absolute atomic E-state index is 13.1. The van der Waals surface area contributed by atoms with E-state index in [1.807, 2.05) is 6.92 Å². The number of hydrogen-bond acceptors (Lipinski definition) is 4. The van der Waals surface area contributed by atoms with Crippen molar-refractivity contribution in [2.45, 2.75) is 63.3 Å². The van der Waals surface area contributed by atoms with Crippen LogP contribution in [0, 0.1) is 12.7 Å². The number of nitrogens with zero attached hydrogens (tertiary/aromatic N) is 2. The quantitative estimate of drug-likeness (QED) is 0.359. The molecule has 1 atom stereocenters. The van der Waals surface area contributed by atoms with Crippen molar-refractivity contribution in [2.75, 3.05) is 6.54 Å². The van der Waals surface area contributed by atoms with Gasteiger partial charge in [-0.15, -0.1) is 0 Å². The second kappa shape index (κ2) is 11.1. The zero-order valence-corrected chi connectivity index (χ0v) is 18.4. The maximum Gasteiger partial charge on any atom is 0.257 e. The van der Waals surface area contributed by atoms with Crippen LogP contribution >= 0.6 is 11.8 Å². The number of rotatable bonds is 10. The summed E-state index contributed by atoms with van der Waals surface area (Å²) in [7, 11) is 1.68. The van der Waals surface area contributed by atoms with Crippen LogP contribution < -0.4 is 10.9 Å². The maximum atomic E-state index is 13.1. The van der Waals surface area contributed by atoms with Crippen molar-refractivity contribution in [3.8, 4) is 0 Å². The van der Waals surface area contributed by atoms with Crippen LogP contribution in [-0.4, -0.2) is 27.3 Å². The SMILES string of the molecule is CCCCNC(=O)C(CCC)Sc1nc(C)c(Cc2ccc(F)cc2)c(=O)n1C. The highest BCUT2D eigenvalue weighted by Gasteiger charge is 2.22. The monoisotopic (exact) mass is 419 g/mol. The van der Waals surface area contributed by atoms with Gasteiger partial charge >= 0.3 is 0 Å². The van der Waals surface area contributed by atoms with Crippen molar-refractivity contribution in [3.63, 3.8) is 0 Å². The number of hydrogen-bond donors (Lipinski definition) is 1. The van der Waals surface area contributed by atoms with Gasteiger partial charge in [0.1, 0.15) is 5.82 Å². The Hall–Kier alpha value is -2.15. The predicted molar refractivity (Wildman–Crippen MR) is 116 cm³/mol. The molecule has 0 aliphatic heterocycles. The molecule has 0 bridgehead atoms. The highest BCUT2D eigenvalue weighted by Crippen LogP contribution is 2.25. The Morgan fingerprint density at radius 1 is 1.24 bits per heavy atom. The number of aryl methyl sites for hydroxylation is 1. The molecule has 0 aliphatic rings. The van der Waals surface area contributed by atoms with Gasteiger partial charge in [0.15, 0.2) is 5.16 Å². The van der Waals surface area contributed by atoms with Crippen LogP contribution in [0.3, 0.4) is 0 Å². The Labute approximate surface area is 176 Å². The Bertz CT molecular complexity index is 881. The molecule has 2 rings (SSSR count). The molecule has 0 radical (unpaired) electrons. The van der Waals surface area contributed by atoms with E-state index in [0.29, 0.717) is 29.4 Å². The zero-order chi connectivity index (χ0) is 21.4. The highest BCUT2D eigenvalue weighted by molar-refractivity contribution is 8.00. The normalized spacial score (nSPS) is 12.0. The summed E-state index contributed by atoms with van der Waals surface area (Å²) >= 11 is 1.34. The van der Waals surface area contributed by atoms with Gasteiger partial charge in [0.2, 0.25) is 5.91 Å². The third-order valence-corrected chi connectivity index (χ3v) is 6.07. The van der Waals surface area contributed by atoms with Crippen molar-refractivity contribution in [1.29, 1.82) is 0 Å². The van der Waals surface area contributed by atoms with Gasteiger partial charge in [-0.25, -0.2) is 9.37 Å². The van der Waals surface area contributed by atoms with Crippen LogP contribution in [-0.2, 0) is 18.3 Å². The molecule has 158 valence electrons. The van der Waals surface area contributed by atoms with Gasteiger partial charge in [-0.05, 0) is 37.5 Å². The van der Waals surface area contributed by atoms with E-state index < -0.39 is 0 Å². The van der Waals surface area contributed by atoms with Crippen molar-refractivity contribution in [2.24, 2.45) is 7.05 Å². The average molecular weight is 420 g/mol. The van der Waals surface area contributed by atoms with Gasteiger partial charge in [0.25, 0.3) is 5.56 Å². The molecule has 1 heterocycles. The molecule has 0 fully saturated rings. The molecule has 0 aliphatic carbocycles. The first-order chi connectivity index (χ1) is 13.9. The van der Waals surface area contributed by atoms with E-state index >= 15 is 0 Å². The van der Waals surface area contributed by atoms with Gasteiger partial charge in [-0.3, -0.25) is 14.2 Å². The van der Waals surface area contributed by atoms with E-state index in [2.05, 4.69) is 17.2 Å². The van der Waals surface area contributed by atoms with E-state index in [1.54, 1.807) is 26.1 Å². The van der Waals surface area contributed by atoms with E-state index in [1.165, 1.54) is 28.5 Å². The van der Waals surface area contributed by atoms with Crippen molar-refractivity contribution < 1.29 is 9.18 Å². The largest absolute Gasteiger partial charge is 0.355 e. The minimum absolute atomic E-state index is 0.00686. The number of thioether (sulfide) groups is 1. The summed E-state index contributed by atoms with van der Waals surface area (Å²) in [5, 5.41) is 3.24. The molecule has 0 saturated heterocycles. The molecule has 7 heteroatoms. The van der Waals surface area contributed by atoms with Gasteiger partial charge in [-0.2, -0.15) is 0 Å². The minimum atomic E-state index is -0.303. The van der Waals surface area contributed by atoms with E-state index in [9.17, 15) is 14.0 Å². The van der Waals surface area contributed by atoms with Crippen LogP contribution in [0.15, 0.2) is 34.2 Å². The summed E-state index contributed by atoms with van der Waals surface area (Å²) in [6.07, 6.45) is 3.95. The van der Waals surface area contributed by atoms with Gasteiger partial charge in [0.05, 0.1) is 5.25 Å². The van der Waals surface area contributed by atoms with Crippen LogP contribution in [0.5, 0.6) is 0 Å². The number of carbonyl (C=O) groups is 1. The second-order valence-electron chi connectivity index (χ2n) is 7.17. The van der Waals surface area contributed by atoms with Crippen LogP contribution in [0.4, 0.5) is 4.39 Å². The molecule has 1 aromatic heterocycles. The molecule has 1 amide bonds. The number of unbranched alkanes of at least 4 members (excludes halogenated alkanes) is 1. The third-order valence-electron chi connectivity index (χ3n) is 4.76. The summed E-state index contributed by atoms with van der Waals surface area (Å²) in [6.45, 7) is 6.59. The summed E-state index contributed by atoms with van der Waals surface area (Å²) < 4.78 is 14.6. The van der Waals surface area contributed by atoms with E-state index in [0.717, 1.165) is 31.2 Å². The summed E-state index contributed by atoms with van der Waals surface area (Å²) in [4.78, 5) is 30.1. The number of amides is 1. The lowest BCUT2D eigenvalue weighted by Crippen LogP contribution is -2.34. The van der Waals surface area contributed by atoms with Gasteiger partial charge in [0, 0.05) is 31.3 Å². The lowest BCUT2D eigenvalue weighted by molar-refractivity contribution is -0.120. The zero-order valence-electron chi connectivity index (χ0n) is 17.6. The third kappa shape index (κ3) is 6.42. The lowest BCUT2D eigenvalue weighted by Gasteiger charge is -2.18. The fraction of sp³-hybridized carbons (Fsp3) is 0.500. The van der Waals surface area contributed by atoms with Crippen molar-refractivity contribution in [1.82, 2.24) is 14.9 Å². The predicted octanol–water partition coefficient (Wildman–Crippen LogP) is 4.00. The molecule has 5 nitrogen and oxygen atoms in total. The minimum Gasteiger partial charge on any atom is -0.355 e. The number of benzene rings is 1. The molecule has 0 saturated carbocycles. The Morgan fingerprint density at radius 2 is 1.93 bits per heavy atom. The Morgan fingerprint density at radius 3 is 2.55 bits per heavy atom. The molecular weight excluding hydrogens is 389 g/mol. The molecule has 1 aromatic carbocycles. The molecule has 1 N–H and O–H groups in total. The van der Waals surface area contributed by atoms with Crippen LogP contribution in [0.25, 0.3) is 0 Å². The molecule has 29 heavy (non-hydrogen) atoms. The van der Waals surface area contributed by atoms with Crippen molar-refractivity contribution in [3.05, 3.63) is 57.3 Å². The fourth-order valence-corrected chi connectivity index (χ4v) is 4.21. The first kappa shape index (κ1) is 23.1. The molecular formula is C22H30FN3O2S. The van der Waals surface area contributed by atoms with Gasteiger partial charge < -0.3 is 5.32 Å². The van der Waals surface area contributed by atoms with Crippen LogP contribution in [0.1, 0.15) is 56.4 Å². The van der Waals surface area contributed by atoms with Crippen LogP contribution in [0.2, 0.25) is 0 Å². The first-order valence-corrected chi connectivity index (χ1v) is 11.0. The standard InChI is InChI=1S/C22H30FN3O2S/c1-5-7-13-24-20(27)19(8-6-2)29-22-25-15(3)18(21(28)26(22)4)14-16-9-11-17(23)12-10-16/h9-12,19H,5-8,13-14H2,1-4H3,(H,24,27). The second-order valence-corrected chi connectivity index (χ2v) is 8.34. The van der Waals surface area contributed by atoms with Gasteiger partial charge in [-0.1, -0.05) is 50.6 Å². The van der Waals surface area contributed by atoms with E-state index in [4.69, 9.17) is 0 Å². The van der Waals surface area contributed by atoms with E-state index in [-0.39, 0.29) is 22.5 Å². The fourth-order valence-electron chi connectivity index (χ4n) is 2.98.